The molecular weight excluding hydrogens is 180 g/mol. The lowest BCUT2D eigenvalue weighted by atomic mass is 10.3. The van der Waals surface area contributed by atoms with E-state index in [4.69, 9.17) is 4.84 Å². The van der Waals surface area contributed by atoms with Crippen molar-refractivity contribution in [2.75, 3.05) is 5.06 Å². The van der Waals surface area contributed by atoms with Crippen molar-refractivity contribution in [3.63, 3.8) is 0 Å². The van der Waals surface area contributed by atoms with Crippen LogP contribution >= 0.6 is 0 Å². The van der Waals surface area contributed by atoms with Crippen LogP contribution in [0.3, 0.4) is 0 Å². The maximum Gasteiger partial charge on any atom is 0.275 e. The number of pyridine rings is 1. The molecule has 0 atom stereocenters. The van der Waals surface area contributed by atoms with Crippen LogP contribution in [0, 0.1) is 6.92 Å². The van der Waals surface area contributed by atoms with Crippen LogP contribution in [0.2, 0.25) is 0 Å². The van der Waals surface area contributed by atoms with Crippen LogP contribution in [0.4, 0.5) is 5.69 Å². The van der Waals surface area contributed by atoms with Crippen molar-refractivity contribution in [3.8, 4) is 0 Å². The van der Waals surface area contributed by atoms with Gasteiger partial charge in [0.15, 0.2) is 0 Å². The Morgan fingerprint density at radius 2 is 2.29 bits per heavy atom. The van der Waals surface area contributed by atoms with Crippen molar-refractivity contribution in [2.24, 2.45) is 0 Å². The molecule has 0 unspecified atom stereocenters. The molecule has 0 radical (unpaired) electrons. The number of anilines is 1. The Balaban J connectivity index is 2.40. The Kier molecular flexibility index (Phi) is 2.10. The maximum absolute atomic E-state index is 11.4. The first-order chi connectivity index (χ1) is 6.77. The van der Waals surface area contributed by atoms with Gasteiger partial charge < -0.3 is 9.82 Å². The number of nitrogens with one attached hydrogen (secondary N) is 1. The van der Waals surface area contributed by atoms with Crippen LogP contribution < -0.4 is 10.6 Å². The zero-order valence-electron chi connectivity index (χ0n) is 7.73. The molecule has 1 aliphatic rings. The molecule has 0 amide bonds. The first-order valence-electron chi connectivity index (χ1n) is 4.26. The second-order valence-corrected chi connectivity index (χ2v) is 2.99. The molecule has 1 aromatic heterocycles. The van der Waals surface area contributed by atoms with Gasteiger partial charge in [-0.25, -0.2) is 0 Å². The molecule has 1 N–H and O–H groups in total. The number of rotatable bonds is 1. The zero-order valence-corrected chi connectivity index (χ0v) is 7.73. The number of allylic oxidation sites excluding steroid dienone is 2. The zero-order chi connectivity index (χ0) is 9.97. The molecule has 0 aromatic carbocycles. The highest BCUT2D eigenvalue weighted by Gasteiger charge is 2.09. The molecule has 4 nitrogen and oxygen atoms in total. The molecule has 2 heterocycles. The van der Waals surface area contributed by atoms with Gasteiger partial charge in [0.05, 0.1) is 0 Å². The maximum atomic E-state index is 11.4. The summed E-state index contributed by atoms with van der Waals surface area (Å²) in [6.07, 6.45) is 8.41. The molecule has 0 spiro atoms. The van der Waals surface area contributed by atoms with E-state index >= 15 is 0 Å². The third kappa shape index (κ3) is 1.54. The highest BCUT2D eigenvalue weighted by molar-refractivity contribution is 5.46. The van der Waals surface area contributed by atoms with Gasteiger partial charge in [-0.3, -0.25) is 4.79 Å². The van der Waals surface area contributed by atoms with Gasteiger partial charge in [0, 0.05) is 12.4 Å². The third-order valence-corrected chi connectivity index (χ3v) is 1.85. The highest BCUT2D eigenvalue weighted by Crippen LogP contribution is 2.12. The minimum absolute atomic E-state index is 0.171. The van der Waals surface area contributed by atoms with Gasteiger partial charge in [0.2, 0.25) is 0 Å². The van der Waals surface area contributed by atoms with Crippen LogP contribution in [-0.2, 0) is 4.84 Å². The largest absolute Gasteiger partial charge is 0.383 e. The standard InChI is InChI=1S/C10H10N2O2/c1-8-6-9(10(13)11-7-8)12-4-2-3-5-14-12/h2-7H,1H3,(H,11,13). The van der Waals surface area contributed by atoms with E-state index in [1.807, 2.05) is 6.92 Å². The van der Waals surface area contributed by atoms with Crippen molar-refractivity contribution < 1.29 is 4.84 Å². The summed E-state index contributed by atoms with van der Waals surface area (Å²) in [5.74, 6) is 0. The molecule has 0 saturated heterocycles. The summed E-state index contributed by atoms with van der Waals surface area (Å²) in [6, 6.07) is 1.77. The molecule has 1 aromatic rings. The van der Waals surface area contributed by atoms with E-state index in [0.29, 0.717) is 5.69 Å². The van der Waals surface area contributed by atoms with Crippen LogP contribution in [0.15, 0.2) is 41.7 Å². The summed E-state index contributed by atoms with van der Waals surface area (Å²) < 4.78 is 0. The highest BCUT2D eigenvalue weighted by atomic mass is 16.7. The minimum atomic E-state index is -0.171. The number of aryl methyl sites for hydroxylation is 1. The topological polar surface area (TPSA) is 45.3 Å². The van der Waals surface area contributed by atoms with Crippen molar-refractivity contribution in [3.05, 3.63) is 52.8 Å². The quantitative estimate of drug-likeness (QED) is 0.729. The average molecular weight is 190 g/mol. The van der Waals surface area contributed by atoms with Crippen LogP contribution in [0.5, 0.6) is 0 Å². The van der Waals surface area contributed by atoms with E-state index in [0.717, 1.165) is 5.56 Å². The number of aromatic amines is 1. The van der Waals surface area contributed by atoms with Crippen molar-refractivity contribution in [1.29, 1.82) is 0 Å². The van der Waals surface area contributed by atoms with Crippen LogP contribution in [0.25, 0.3) is 0 Å². The van der Waals surface area contributed by atoms with Gasteiger partial charge in [0.25, 0.3) is 5.56 Å². The van der Waals surface area contributed by atoms with Crippen LogP contribution in [-0.4, -0.2) is 4.98 Å². The fraction of sp³-hybridized carbons (Fsp3) is 0.100. The molecule has 0 fully saturated rings. The van der Waals surface area contributed by atoms with E-state index in [1.165, 1.54) is 11.3 Å². The number of aromatic nitrogens is 1. The number of hydroxylamine groups is 1. The Bertz CT molecular complexity index is 446. The Morgan fingerprint density at radius 1 is 1.43 bits per heavy atom. The molecule has 4 heteroatoms. The van der Waals surface area contributed by atoms with Crippen molar-refractivity contribution >= 4 is 5.69 Å². The predicted octanol–water partition coefficient (Wildman–Crippen LogP) is 1.46. The van der Waals surface area contributed by atoms with Gasteiger partial charge in [0.1, 0.15) is 11.9 Å². The van der Waals surface area contributed by atoms with Crippen molar-refractivity contribution in [1.82, 2.24) is 4.98 Å². The molecule has 2 rings (SSSR count). The monoisotopic (exact) mass is 190 g/mol. The Hall–Kier alpha value is -1.97. The SMILES string of the molecule is Cc1c[nH]c(=O)c(N2C=CC=CO2)c1. The summed E-state index contributed by atoms with van der Waals surface area (Å²) in [6.45, 7) is 1.91. The molecule has 1 aliphatic heterocycles. The van der Waals surface area contributed by atoms with E-state index in [9.17, 15) is 4.79 Å². The average Bonchev–Trinajstić information content (AvgIpc) is 2.23. The summed E-state index contributed by atoms with van der Waals surface area (Å²) in [5, 5.41) is 1.42. The Labute approximate surface area is 81.1 Å². The van der Waals surface area contributed by atoms with Gasteiger partial charge in [-0.05, 0) is 30.7 Å². The molecular formula is C10H10N2O2. The molecule has 72 valence electrons. The lowest BCUT2D eigenvalue weighted by Crippen LogP contribution is -2.23. The molecule has 14 heavy (non-hydrogen) atoms. The third-order valence-electron chi connectivity index (χ3n) is 1.85. The number of nitrogens with zero attached hydrogens (tertiary/aromatic N) is 1. The smallest absolute Gasteiger partial charge is 0.275 e. The summed E-state index contributed by atoms with van der Waals surface area (Å²) in [5.41, 5.74) is 1.28. The predicted molar refractivity (Wildman–Crippen MR) is 53.6 cm³/mol. The van der Waals surface area contributed by atoms with Gasteiger partial charge >= 0.3 is 0 Å². The number of H-pyrrole nitrogens is 1. The minimum Gasteiger partial charge on any atom is -0.383 e. The second-order valence-electron chi connectivity index (χ2n) is 2.99. The molecule has 0 saturated carbocycles. The first-order valence-corrected chi connectivity index (χ1v) is 4.26. The van der Waals surface area contributed by atoms with Crippen LogP contribution in [0.1, 0.15) is 5.56 Å². The second kappa shape index (κ2) is 3.41. The molecule has 0 bridgehead atoms. The number of hydrogen-bond acceptors (Lipinski definition) is 3. The first kappa shape index (κ1) is 8.62. The van der Waals surface area contributed by atoms with E-state index in [1.54, 1.807) is 30.6 Å². The summed E-state index contributed by atoms with van der Waals surface area (Å²) in [7, 11) is 0. The summed E-state index contributed by atoms with van der Waals surface area (Å²) >= 11 is 0. The van der Waals surface area contributed by atoms with Gasteiger partial charge in [-0.1, -0.05) is 0 Å². The normalized spacial score (nSPS) is 14.2. The van der Waals surface area contributed by atoms with Gasteiger partial charge in [-0.15, -0.1) is 0 Å². The van der Waals surface area contributed by atoms with Gasteiger partial charge in [-0.2, -0.15) is 5.06 Å². The Morgan fingerprint density at radius 3 is 3.00 bits per heavy atom. The molecule has 0 aliphatic carbocycles. The lowest BCUT2D eigenvalue weighted by Gasteiger charge is -2.19. The fourth-order valence-electron chi connectivity index (χ4n) is 1.19. The summed E-state index contributed by atoms with van der Waals surface area (Å²) in [4.78, 5) is 19.2. The van der Waals surface area contributed by atoms with E-state index in [2.05, 4.69) is 4.98 Å². The van der Waals surface area contributed by atoms with E-state index < -0.39 is 0 Å². The lowest BCUT2D eigenvalue weighted by molar-refractivity contribution is 0.244. The van der Waals surface area contributed by atoms with E-state index in [-0.39, 0.29) is 5.56 Å². The number of hydrogen-bond donors (Lipinski definition) is 1. The van der Waals surface area contributed by atoms with Crippen molar-refractivity contribution in [2.45, 2.75) is 6.92 Å². The fourth-order valence-corrected chi connectivity index (χ4v) is 1.19.